The van der Waals surface area contributed by atoms with E-state index in [9.17, 15) is 4.79 Å². The molecule has 76 valence electrons. The number of fused-ring (bicyclic) bond motifs is 1. The van der Waals surface area contributed by atoms with E-state index >= 15 is 0 Å². The molecule has 1 aliphatic heterocycles. The van der Waals surface area contributed by atoms with Crippen LogP contribution in [0.25, 0.3) is 12.4 Å². The van der Waals surface area contributed by atoms with Crippen LogP contribution in [-0.4, -0.2) is 16.1 Å². The number of hydrogen-bond acceptors (Lipinski definition) is 3. The molecule has 0 aromatic heterocycles. The fourth-order valence-corrected chi connectivity index (χ4v) is 1.33. The second kappa shape index (κ2) is 3.49. The number of nitrogens with zero attached hydrogens (tertiary/aromatic N) is 1. The highest BCUT2D eigenvalue weighted by molar-refractivity contribution is 5.86. The van der Waals surface area contributed by atoms with Crippen LogP contribution in [-0.2, 0) is 4.79 Å². The lowest BCUT2D eigenvalue weighted by atomic mass is 10.2. The van der Waals surface area contributed by atoms with E-state index in [0.29, 0.717) is 0 Å². The van der Waals surface area contributed by atoms with Gasteiger partial charge in [0.05, 0.1) is 0 Å². The average Bonchev–Trinajstić information content (AvgIpc) is 2.27. The Bertz CT molecular complexity index is 534. The minimum absolute atomic E-state index is 0.0132. The summed E-state index contributed by atoms with van der Waals surface area (Å²) in [5, 5.41) is 12.1. The molecule has 0 spiro atoms. The second-order valence-corrected chi connectivity index (χ2v) is 3.15. The fraction of sp³-hybridized carbons (Fsp3) is 0. The predicted octanol–water partition coefficient (Wildman–Crippen LogP) is -0.419. The van der Waals surface area contributed by atoms with E-state index in [2.05, 4.69) is 12.0 Å². The van der Waals surface area contributed by atoms with E-state index < -0.39 is 5.97 Å². The number of nitrogens with one attached hydrogen (secondary N) is 1. The molecule has 0 aliphatic carbocycles. The van der Waals surface area contributed by atoms with Gasteiger partial charge in [-0.1, -0.05) is 30.8 Å². The van der Waals surface area contributed by atoms with Crippen molar-refractivity contribution < 1.29 is 9.90 Å². The predicted molar refractivity (Wildman–Crippen MR) is 56.4 cm³/mol. The van der Waals surface area contributed by atoms with Gasteiger partial charge in [-0.05, 0) is 0 Å². The van der Waals surface area contributed by atoms with E-state index in [4.69, 9.17) is 5.11 Å². The summed E-state index contributed by atoms with van der Waals surface area (Å²) in [5.41, 5.74) is 2.82. The highest BCUT2D eigenvalue weighted by Crippen LogP contribution is 1.99. The van der Waals surface area contributed by atoms with Crippen molar-refractivity contribution in [1.82, 2.24) is 10.4 Å². The van der Waals surface area contributed by atoms with Gasteiger partial charge in [0.25, 0.3) is 0 Å². The third kappa shape index (κ3) is 1.69. The minimum Gasteiger partial charge on any atom is -0.477 e. The van der Waals surface area contributed by atoms with Crippen molar-refractivity contribution in [3.05, 3.63) is 47.0 Å². The van der Waals surface area contributed by atoms with Gasteiger partial charge in [0, 0.05) is 22.8 Å². The monoisotopic (exact) mass is 202 g/mol. The van der Waals surface area contributed by atoms with Crippen LogP contribution in [0.4, 0.5) is 0 Å². The summed E-state index contributed by atoms with van der Waals surface area (Å²) in [5.74, 6) is -1.05. The molecule has 0 amide bonds. The summed E-state index contributed by atoms with van der Waals surface area (Å²) < 4.78 is 0. The molecule has 0 unspecified atom stereocenters. The third-order valence-corrected chi connectivity index (χ3v) is 2.16. The largest absolute Gasteiger partial charge is 0.477 e. The van der Waals surface area contributed by atoms with Crippen LogP contribution in [0.2, 0.25) is 0 Å². The van der Waals surface area contributed by atoms with Gasteiger partial charge in [0.2, 0.25) is 0 Å². The Kier molecular flexibility index (Phi) is 2.17. The molecule has 4 nitrogen and oxygen atoms in total. The molecule has 0 bridgehead atoms. The second-order valence-electron chi connectivity index (χ2n) is 3.15. The molecule has 0 radical (unpaired) electrons. The first kappa shape index (κ1) is 9.33. The number of carboxylic acids is 1. The topological polar surface area (TPSA) is 52.6 Å². The van der Waals surface area contributed by atoms with E-state index in [-0.39, 0.29) is 5.70 Å². The Hall–Kier alpha value is -2.23. The van der Waals surface area contributed by atoms with Gasteiger partial charge in [-0.15, -0.1) is 0 Å². The molecule has 4 heteroatoms. The van der Waals surface area contributed by atoms with Crippen molar-refractivity contribution >= 4 is 18.4 Å². The average molecular weight is 202 g/mol. The van der Waals surface area contributed by atoms with Crippen molar-refractivity contribution in [2.45, 2.75) is 0 Å². The zero-order chi connectivity index (χ0) is 10.8. The molecular weight excluding hydrogens is 192 g/mol. The van der Waals surface area contributed by atoms with E-state index in [1.807, 2.05) is 24.3 Å². The maximum absolute atomic E-state index is 10.7. The van der Waals surface area contributed by atoms with Gasteiger partial charge in [-0.3, -0.25) is 5.01 Å². The summed E-state index contributed by atoms with van der Waals surface area (Å²) in [6.07, 6.45) is 3.44. The summed E-state index contributed by atoms with van der Waals surface area (Å²) in [6, 6.07) is 7.68. The SMILES string of the molecule is C=C(C(=O)O)N1C=c2ccccc2=CN1. The zero-order valence-corrected chi connectivity index (χ0v) is 7.97. The lowest BCUT2D eigenvalue weighted by molar-refractivity contribution is -0.134. The first-order valence-electron chi connectivity index (χ1n) is 4.43. The Morgan fingerprint density at radius 3 is 2.67 bits per heavy atom. The number of carboxylic acid groups (broad SMARTS) is 1. The first-order chi connectivity index (χ1) is 7.18. The maximum atomic E-state index is 10.7. The molecule has 0 saturated carbocycles. The van der Waals surface area contributed by atoms with E-state index in [1.165, 1.54) is 5.01 Å². The number of hydrazine groups is 1. The zero-order valence-electron chi connectivity index (χ0n) is 7.97. The Morgan fingerprint density at radius 1 is 1.33 bits per heavy atom. The van der Waals surface area contributed by atoms with Crippen molar-refractivity contribution in [2.75, 3.05) is 0 Å². The molecule has 2 N–H and O–H groups in total. The summed E-state index contributed by atoms with van der Waals surface area (Å²) in [7, 11) is 0. The molecule has 0 atom stereocenters. The van der Waals surface area contributed by atoms with Gasteiger partial charge >= 0.3 is 5.97 Å². The van der Waals surface area contributed by atoms with Crippen LogP contribution in [0, 0.1) is 0 Å². The maximum Gasteiger partial charge on any atom is 0.353 e. The smallest absolute Gasteiger partial charge is 0.353 e. The van der Waals surface area contributed by atoms with Gasteiger partial charge in [-0.25, -0.2) is 4.79 Å². The number of aliphatic carboxylic acids is 1. The Labute approximate surface area is 86.4 Å². The van der Waals surface area contributed by atoms with Crippen molar-refractivity contribution in [1.29, 1.82) is 0 Å². The Morgan fingerprint density at radius 2 is 2.00 bits per heavy atom. The lowest BCUT2D eigenvalue weighted by Crippen LogP contribution is -2.42. The molecule has 0 fully saturated rings. The van der Waals surface area contributed by atoms with Crippen LogP contribution in [0.15, 0.2) is 36.5 Å². The van der Waals surface area contributed by atoms with Gasteiger partial charge in [0.15, 0.2) is 0 Å². The van der Waals surface area contributed by atoms with Crippen molar-refractivity contribution in [3.8, 4) is 0 Å². The molecule has 15 heavy (non-hydrogen) atoms. The van der Waals surface area contributed by atoms with Crippen LogP contribution in [0.1, 0.15) is 0 Å². The van der Waals surface area contributed by atoms with Crippen molar-refractivity contribution in [2.24, 2.45) is 0 Å². The number of benzene rings is 1. The molecule has 1 aliphatic rings. The summed E-state index contributed by atoms with van der Waals surface area (Å²) in [6.45, 7) is 3.46. The molecule has 0 saturated heterocycles. The van der Waals surface area contributed by atoms with Crippen LogP contribution < -0.4 is 15.9 Å². The number of carbonyl (C=O) groups is 1. The Balaban J connectivity index is 2.43. The molecule has 1 aromatic rings. The molecule has 2 rings (SSSR count). The number of hydrogen-bond donors (Lipinski definition) is 2. The minimum atomic E-state index is -1.05. The fourth-order valence-electron chi connectivity index (χ4n) is 1.33. The van der Waals surface area contributed by atoms with Gasteiger partial charge < -0.3 is 10.5 Å². The lowest BCUT2D eigenvalue weighted by Gasteiger charge is -2.21. The number of rotatable bonds is 2. The molecular formula is C11H10N2O2. The highest BCUT2D eigenvalue weighted by atomic mass is 16.4. The quantitative estimate of drug-likeness (QED) is 0.640. The normalized spacial score (nSPS) is 12.9. The van der Waals surface area contributed by atoms with Gasteiger partial charge in [-0.2, -0.15) is 0 Å². The van der Waals surface area contributed by atoms with Crippen molar-refractivity contribution in [3.63, 3.8) is 0 Å². The van der Waals surface area contributed by atoms with E-state index in [1.54, 1.807) is 12.4 Å². The highest BCUT2D eigenvalue weighted by Gasteiger charge is 2.12. The van der Waals surface area contributed by atoms with Gasteiger partial charge in [0.1, 0.15) is 5.70 Å². The molecule has 1 heterocycles. The first-order valence-corrected chi connectivity index (χ1v) is 4.43. The molecule has 1 aromatic carbocycles. The van der Waals surface area contributed by atoms with Crippen LogP contribution in [0.5, 0.6) is 0 Å². The van der Waals surface area contributed by atoms with Crippen LogP contribution >= 0.6 is 0 Å². The summed E-state index contributed by atoms with van der Waals surface area (Å²) in [4.78, 5) is 10.7. The standard InChI is InChI=1S/C11H10N2O2/c1-8(11(14)15)13-7-10-5-3-2-4-9(10)6-12-13/h2-7,12H,1H2,(H,14,15). The van der Waals surface area contributed by atoms with Crippen LogP contribution in [0.3, 0.4) is 0 Å². The third-order valence-electron chi connectivity index (χ3n) is 2.16. The summed E-state index contributed by atoms with van der Waals surface area (Å²) >= 11 is 0. The van der Waals surface area contributed by atoms with E-state index in [0.717, 1.165) is 10.4 Å².